The summed E-state index contributed by atoms with van der Waals surface area (Å²) in [6.07, 6.45) is -0.185. The summed E-state index contributed by atoms with van der Waals surface area (Å²) >= 11 is 0. The van der Waals surface area contributed by atoms with Gasteiger partial charge in [-0.2, -0.15) is 0 Å². The van der Waals surface area contributed by atoms with Crippen molar-refractivity contribution in [2.75, 3.05) is 13.2 Å². The molecule has 0 fully saturated rings. The van der Waals surface area contributed by atoms with Crippen LogP contribution in [-0.4, -0.2) is 42.0 Å². The number of nitrogens with zero attached hydrogens (tertiary/aromatic N) is 1. The number of allylic oxidation sites excluding steroid dienone is 1. The Hall–Kier alpha value is -2.63. The Morgan fingerprint density at radius 1 is 1.26 bits per heavy atom. The molecule has 1 aliphatic heterocycles. The highest BCUT2D eigenvalue weighted by atomic mass is 16.5. The minimum Gasteiger partial charge on any atom is -0.465 e. The number of esters is 2. The van der Waals surface area contributed by atoms with Crippen LogP contribution in [0, 0.1) is 6.92 Å². The molecule has 1 atom stereocenters. The van der Waals surface area contributed by atoms with Crippen LogP contribution in [0.5, 0.6) is 0 Å². The summed E-state index contributed by atoms with van der Waals surface area (Å²) in [5, 5.41) is 0. The van der Waals surface area contributed by atoms with Crippen LogP contribution in [0.3, 0.4) is 0 Å². The highest BCUT2D eigenvalue weighted by molar-refractivity contribution is 5.96. The lowest BCUT2D eigenvalue weighted by molar-refractivity contribution is -0.149. The van der Waals surface area contributed by atoms with Crippen molar-refractivity contribution in [1.29, 1.82) is 0 Å². The first-order valence-electron chi connectivity index (χ1n) is 9.18. The highest BCUT2D eigenvalue weighted by Gasteiger charge is 2.38. The molecule has 0 bridgehead atoms. The van der Waals surface area contributed by atoms with E-state index < -0.39 is 17.9 Å². The molecule has 1 heterocycles. The van der Waals surface area contributed by atoms with Crippen molar-refractivity contribution in [2.24, 2.45) is 0 Å². The second kappa shape index (κ2) is 8.84. The molecule has 0 spiro atoms. The maximum atomic E-state index is 12.8. The van der Waals surface area contributed by atoms with E-state index in [4.69, 9.17) is 9.47 Å². The first-order chi connectivity index (χ1) is 12.7. The van der Waals surface area contributed by atoms with E-state index in [2.05, 4.69) is 0 Å². The Kier molecular flexibility index (Phi) is 6.77. The van der Waals surface area contributed by atoms with Gasteiger partial charge in [0.15, 0.2) is 0 Å². The number of carbonyl (C=O) groups is 3. The van der Waals surface area contributed by atoms with Crippen LogP contribution in [0.4, 0.5) is 0 Å². The molecular weight excluding hydrogens is 346 g/mol. The fraction of sp³-hybridized carbons (Fsp3) is 0.476. The average molecular weight is 373 g/mol. The zero-order valence-electron chi connectivity index (χ0n) is 16.6. The number of carbonyl (C=O) groups excluding carboxylic acids is 3. The van der Waals surface area contributed by atoms with Gasteiger partial charge in [0.05, 0.1) is 18.3 Å². The fourth-order valence-corrected chi connectivity index (χ4v) is 3.25. The fourth-order valence-electron chi connectivity index (χ4n) is 3.25. The summed E-state index contributed by atoms with van der Waals surface area (Å²) in [5.74, 6) is -1.58. The maximum absolute atomic E-state index is 12.8. The van der Waals surface area contributed by atoms with Gasteiger partial charge in [-0.1, -0.05) is 29.8 Å². The smallest absolute Gasteiger partial charge is 0.336 e. The first kappa shape index (κ1) is 20.7. The topological polar surface area (TPSA) is 72.9 Å². The first-order valence-corrected chi connectivity index (χ1v) is 9.18. The second-order valence-corrected chi connectivity index (χ2v) is 6.91. The van der Waals surface area contributed by atoms with Crippen molar-refractivity contribution in [3.05, 3.63) is 46.7 Å². The van der Waals surface area contributed by atoms with E-state index in [-0.39, 0.29) is 31.6 Å². The highest BCUT2D eigenvalue weighted by Crippen LogP contribution is 2.37. The number of hydrogen-bond donors (Lipinski definition) is 0. The van der Waals surface area contributed by atoms with Gasteiger partial charge in [0, 0.05) is 18.0 Å². The van der Waals surface area contributed by atoms with Gasteiger partial charge in [0.25, 0.3) is 0 Å². The number of hydrogen-bond acceptors (Lipinski definition) is 5. The average Bonchev–Trinajstić information content (AvgIpc) is 2.57. The SMILES string of the molecule is CCOC(=O)CN1C(=O)CC(c2cccc(C)c2)C(C(=O)OC(C)C)=C1C. The van der Waals surface area contributed by atoms with Crippen molar-refractivity contribution >= 4 is 17.8 Å². The summed E-state index contributed by atoms with van der Waals surface area (Å²) in [6, 6.07) is 7.74. The van der Waals surface area contributed by atoms with E-state index in [1.807, 2.05) is 31.2 Å². The van der Waals surface area contributed by atoms with E-state index in [1.165, 1.54) is 4.90 Å². The predicted octanol–water partition coefficient (Wildman–Crippen LogP) is 3.10. The van der Waals surface area contributed by atoms with Gasteiger partial charge in [0.1, 0.15) is 6.54 Å². The minimum absolute atomic E-state index is 0.0999. The molecule has 2 rings (SSSR count). The van der Waals surface area contributed by atoms with Crippen LogP contribution < -0.4 is 0 Å². The van der Waals surface area contributed by atoms with E-state index in [1.54, 1.807) is 27.7 Å². The molecule has 1 aromatic carbocycles. The molecule has 0 aliphatic carbocycles. The van der Waals surface area contributed by atoms with Crippen LogP contribution in [0.25, 0.3) is 0 Å². The van der Waals surface area contributed by atoms with Crippen molar-refractivity contribution < 1.29 is 23.9 Å². The van der Waals surface area contributed by atoms with Crippen molar-refractivity contribution in [3.63, 3.8) is 0 Å². The molecule has 6 nitrogen and oxygen atoms in total. The molecule has 1 unspecified atom stereocenters. The summed E-state index contributed by atoms with van der Waals surface area (Å²) < 4.78 is 10.4. The molecule has 0 N–H and O–H groups in total. The quantitative estimate of drug-likeness (QED) is 0.717. The lowest BCUT2D eigenvalue weighted by Crippen LogP contribution is -2.41. The van der Waals surface area contributed by atoms with Gasteiger partial charge in [-0.3, -0.25) is 9.59 Å². The van der Waals surface area contributed by atoms with Crippen LogP contribution in [0.15, 0.2) is 35.5 Å². The van der Waals surface area contributed by atoms with E-state index in [9.17, 15) is 14.4 Å². The second-order valence-electron chi connectivity index (χ2n) is 6.91. The summed E-state index contributed by atoms with van der Waals surface area (Å²) in [7, 11) is 0. The Labute approximate surface area is 160 Å². The Morgan fingerprint density at radius 3 is 2.56 bits per heavy atom. The lowest BCUT2D eigenvalue weighted by Gasteiger charge is -2.34. The standard InChI is InChI=1S/C21H27NO5/c1-6-26-19(24)12-22-15(5)20(21(25)27-13(2)3)17(11-18(22)23)16-9-7-8-14(4)10-16/h7-10,13,17H,6,11-12H2,1-5H3. The third-order valence-electron chi connectivity index (χ3n) is 4.42. The van der Waals surface area contributed by atoms with Gasteiger partial charge in [-0.15, -0.1) is 0 Å². The minimum atomic E-state index is -0.504. The molecule has 1 aliphatic rings. The molecule has 0 saturated carbocycles. The van der Waals surface area contributed by atoms with Crippen molar-refractivity contribution in [3.8, 4) is 0 Å². The third-order valence-corrected chi connectivity index (χ3v) is 4.42. The van der Waals surface area contributed by atoms with Crippen molar-refractivity contribution in [1.82, 2.24) is 4.90 Å². The zero-order chi connectivity index (χ0) is 20.1. The van der Waals surface area contributed by atoms with E-state index in [0.717, 1.165) is 11.1 Å². The monoisotopic (exact) mass is 373 g/mol. The third kappa shape index (κ3) is 4.96. The number of rotatable bonds is 6. The normalized spacial score (nSPS) is 17.3. The number of amides is 1. The number of aryl methyl sites for hydroxylation is 1. The lowest BCUT2D eigenvalue weighted by atomic mass is 9.83. The van der Waals surface area contributed by atoms with Crippen LogP contribution in [-0.2, 0) is 23.9 Å². The molecule has 0 radical (unpaired) electrons. The molecule has 1 amide bonds. The van der Waals surface area contributed by atoms with Gasteiger partial charge in [0.2, 0.25) is 5.91 Å². The summed E-state index contributed by atoms with van der Waals surface area (Å²) in [4.78, 5) is 38.8. The van der Waals surface area contributed by atoms with Crippen LogP contribution >= 0.6 is 0 Å². The van der Waals surface area contributed by atoms with Crippen molar-refractivity contribution in [2.45, 2.75) is 53.1 Å². The molecule has 0 saturated heterocycles. The Morgan fingerprint density at radius 2 is 1.96 bits per heavy atom. The van der Waals surface area contributed by atoms with Crippen LogP contribution in [0.2, 0.25) is 0 Å². The Balaban J connectivity index is 2.48. The number of benzene rings is 1. The van der Waals surface area contributed by atoms with Crippen LogP contribution in [0.1, 0.15) is 51.2 Å². The van der Waals surface area contributed by atoms with Gasteiger partial charge in [-0.25, -0.2) is 4.79 Å². The molecule has 6 heteroatoms. The number of ether oxygens (including phenoxy) is 2. The van der Waals surface area contributed by atoms with Gasteiger partial charge in [-0.05, 0) is 40.2 Å². The zero-order valence-corrected chi connectivity index (χ0v) is 16.6. The Bertz CT molecular complexity index is 766. The summed E-state index contributed by atoms with van der Waals surface area (Å²) in [6.45, 7) is 8.92. The van der Waals surface area contributed by atoms with E-state index >= 15 is 0 Å². The molecule has 146 valence electrons. The molecule has 1 aromatic rings. The van der Waals surface area contributed by atoms with Gasteiger partial charge >= 0.3 is 11.9 Å². The molecule has 27 heavy (non-hydrogen) atoms. The maximum Gasteiger partial charge on any atom is 0.336 e. The van der Waals surface area contributed by atoms with Gasteiger partial charge < -0.3 is 14.4 Å². The predicted molar refractivity (Wildman–Crippen MR) is 101 cm³/mol. The molecule has 0 aromatic heterocycles. The summed E-state index contributed by atoms with van der Waals surface area (Å²) in [5.41, 5.74) is 2.78. The molecular formula is C21H27NO5. The largest absolute Gasteiger partial charge is 0.465 e. The van der Waals surface area contributed by atoms with E-state index in [0.29, 0.717) is 11.3 Å².